The number of morpholine rings is 1. The van der Waals surface area contributed by atoms with Crippen LogP contribution in [0.3, 0.4) is 0 Å². The summed E-state index contributed by atoms with van der Waals surface area (Å²) in [5.41, 5.74) is 4.38. The Kier molecular flexibility index (Phi) is 4.75. The number of para-hydroxylation sites is 1. The van der Waals surface area contributed by atoms with E-state index in [-0.39, 0.29) is 0 Å². The summed E-state index contributed by atoms with van der Waals surface area (Å²) in [6.07, 6.45) is 8.98. The summed E-state index contributed by atoms with van der Waals surface area (Å²) in [7, 11) is 0. The molecule has 1 aliphatic carbocycles. The number of hydrogen-bond donors (Lipinski definition) is 0. The predicted molar refractivity (Wildman–Crippen MR) is 112 cm³/mol. The van der Waals surface area contributed by atoms with Gasteiger partial charge in [-0.05, 0) is 49.5 Å². The molecule has 1 aliphatic heterocycles. The first kappa shape index (κ1) is 17.3. The minimum atomic E-state index is 0.751. The molecule has 28 heavy (non-hydrogen) atoms. The highest BCUT2D eigenvalue weighted by Crippen LogP contribution is 2.32. The van der Waals surface area contributed by atoms with Gasteiger partial charge in [0.1, 0.15) is 5.82 Å². The highest BCUT2D eigenvalue weighted by molar-refractivity contribution is 5.91. The van der Waals surface area contributed by atoms with Gasteiger partial charge in [0.05, 0.1) is 24.4 Å². The Morgan fingerprint density at radius 1 is 0.929 bits per heavy atom. The van der Waals surface area contributed by atoms with E-state index in [4.69, 9.17) is 14.7 Å². The van der Waals surface area contributed by atoms with Gasteiger partial charge in [0, 0.05) is 30.2 Å². The number of fused-ring (bicyclic) bond motifs is 1. The normalized spacial score (nSPS) is 17.6. The molecule has 142 valence electrons. The van der Waals surface area contributed by atoms with E-state index in [1.807, 2.05) is 12.3 Å². The van der Waals surface area contributed by atoms with Gasteiger partial charge in [-0.25, -0.2) is 15.0 Å². The van der Waals surface area contributed by atoms with Crippen molar-refractivity contribution in [1.82, 2.24) is 15.0 Å². The lowest BCUT2D eigenvalue weighted by atomic mass is 9.95. The monoisotopic (exact) mass is 372 g/mol. The molecule has 0 saturated carbocycles. The summed E-state index contributed by atoms with van der Waals surface area (Å²) in [6, 6.07) is 12.5. The Balaban J connectivity index is 1.54. The van der Waals surface area contributed by atoms with Crippen LogP contribution in [0, 0.1) is 0 Å². The van der Waals surface area contributed by atoms with Crippen molar-refractivity contribution in [3.05, 3.63) is 54.4 Å². The lowest BCUT2D eigenvalue weighted by Crippen LogP contribution is -2.36. The third-order valence-electron chi connectivity index (χ3n) is 5.54. The van der Waals surface area contributed by atoms with Gasteiger partial charge in [0.15, 0.2) is 5.82 Å². The Bertz CT molecular complexity index is 1010. The Hall–Kier alpha value is -2.79. The lowest BCUT2D eigenvalue weighted by Gasteiger charge is -2.27. The number of pyridine rings is 1. The molecule has 0 amide bonds. The van der Waals surface area contributed by atoms with Gasteiger partial charge >= 0.3 is 0 Å². The van der Waals surface area contributed by atoms with E-state index in [1.54, 1.807) is 0 Å². The molecule has 0 bridgehead atoms. The van der Waals surface area contributed by atoms with Crippen molar-refractivity contribution in [1.29, 1.82) is 0 Å². The fraction of sp³-hybridized carbons (Fsp3) is 0.348. The summed E-state index contributed by atoms with van der Waals surface area (Å²) in [6.45, 7) is 3.29. The number of nitrogens with zero attached hydrogens (tertiary/aromatic N) is 4. The van der Waals surface area contributed by atoms with Gasteiger partial charge in [-0.2, -0.15) is 0 Å². The third-order valence-corrected chi connectivity index (χ3v) is 5.54. The largest absolute Gasteiger partial charge is 0.378 e. The zero-order valence-corrected chi connectivity index (χ0v) is 16.0. The van der Waals surface area contributed by atoms with E-state index < -0.39 is 0 Å². The van der Waals surface area contributed by atoms with Gasteiger partial charge < -0.3 is 9.64 Å². The Morgan fingerprint density at radius 2 is 1.82 bits per heavy atom. The molecule has 3 aromatic rings. The van der Waals surface area contributed by atoms with Crippen molar-refractivity contribution in [2.75, 3.05) is 31.2 Å². The second kappa shape index (κ2) is 7.68. The number of allylic oxidation sites excluding steroid dienone is 2. The molecule has 1 saturated heterocycles. The van der Waals surface area contributed by atoms with E-state index in [0.717, 1.165) is 72.9 Å². The molecule has 0 atom stereocenters. The molecule has 2 aromatic heterocycles. The van der Waals surface area contributed by atoms with Crippen LogP contribution in [0.1, 0.15) is 31.4 Å². The van der Waals surface area contributed by atoms with Gasteiger partial charge in [-0.1, -0.05) is 24.3 Å². The van der Waals surface area contributed by atoms with Crippen LogP contribution < -0.4 is 4.90 Å². The van der Waals surface area contributed by atoms with Crippen LogP contribution in [-0.4, -0.2) is 41.3 Å². The highest BCUT2D eigenvalue weighted by atomic mass is 16.5. The first-order valence-electron chi connectivity index (χ1n) is 10.1. The first-order chi connectivity index (χ1) is 13.9. The number of rotatable bonds is 3. The quantitative estimate of drug-likeness (QED) is 0.678. The second-order valence-corrected chi connectivity index (χ2v) is 7.39. The van der Waals surface area contributed by atoms with Gasteiger partial charge in [-0.3, -0.25) is 0 Å². The molecule has 5 nitrogen and oxygen atoms in total. The molecular formula is C23H24N4O. The highest BCUT2D eigenvalue weighted by Gasteiger charge is 2.16. The summed E-state index contributed by atoms with van der Waals surface area (Å²) < 4.78 is 5.43. The SMILES string of the molecule is C1=C(c2nc(-c3ccc(N4CCOCC4)nc3)nc3ccccc23)CCCC1. The van der Waals surface area contributed by atoms with Crippen molar-refractivity contribution in [2.45, 2.75) is 25.7 Å². The summed E-state index contributed by atoms with van der Waals surface area (Å²) in [5, 5.41) is 1.14. The number of anilines is 1. The lowest BCUT2D eigenvalue weighted by molar-refractivity contribution is 0.122. The van der Waals surface area contributed by atoms with Crippen molar-refractivity contribution >= 4 is 22.3 Å². The molecule has 1 fully saturated rings. The number of benzene rings is 1. The minimum Gasteiger partial charge on any atom is -0.378 e. The number of hydrogen-bond acceptors (Lipinski definition) is 5. The Morgan fingerprint density at radius 3 is 2.61 bits per heavy atom. The van der Waals surface area contributed by atoms with Crippen molar-refractivity contribution in [3.63, 3.8) is 0 Å². The van der Waals surface area contributed by atoms with Crippen molar-refractivity contribution < 1.29 is 4.74 Å². The minimum absolute atomic E-state index is 0.751. The fourth-order valence-electron chi connectivity index (χ4n) is 4.00. The average molecular weight is 372 g/mol. The molecule has 0 radical (unpaired) electrons. The van der Waals surface area contributed by atoms with Gasteiger partial charge in [-0.15, -0.1) is 0 Å². The number of aromatic nitrogens is 3. The maximum absolute atomic E-state index is 5.43. The van der Waals surface area contributed by atoms with Crippen LogP contribution in [-0.2, 0) is 4.74 Å². The van der Waals surface area contributed by atoms with Crippen molar-refractivity contribution in [3.8, 4) is 11.4 Å². The van der Waals surface area contributed by atoms with E-state index in [9.17, 15) is 0 Å². The van der Waals surface area contributed by atoms with Crippen LogP contribution in [0.4, 0.5) is 5.82 Å². The molecule has 3 heterocycles. The second-order valence-electron chi connectivity index (χ2n) is 7.39. The predicted octanol–water partition coefficient (Wildman–Crippen LogP) is 4.49. The molecular weight excluding hydrogens is 348 g/mol. The smallest absolute Gasteiger partial charge is 0.161 e. The van der Waals surface area contributed by atoms with Gasteiger partial charge in [0.25, 0.3) is 0 Å². The molecule has 1 aromatic carbocycles. The Labute approximate surface area is 165 Å². The van der Waals surface area contributed by atoms with E-state index >= 15 is 0 Å². The van der Waals surface area contributed by atoms with Gasteiger partial charge in [0.2, 0.25) is 0 Å². The molecule has 2 aliphatic rings. The zero-order chi connectivity index (χ0) is 18.8. The summed E-state index contributed by atoms with van der Waals surface area (Å²) >= 11 is 0. The maximum atomic E-state index is 5.43. The molecule has 0 N–H and O–H groups in total. The van der Waals surface area contributed by atoms with Crippen LogP contribution in [0.25, 0.3) is 27.9 Å². The van der Waals surface area contributed by atoms with Crippen LogP contribution in [0.2, 0.25) is 0 Å². The van der Waals surface area contributed by atoms with E-state index in [1.165, 1.54) is 18.4 Å². The topological polar surface area (TPSA) is 51.1 Å². The molecule has 5 heteroatoms. The first-order valence-corrected chi connectivity index (χ1v) is 10.1. The van der Waals surface area contributed by atoms with Crippen LogP contribution in [0.15, 0.2) is 48.7 Å². The van der Waals surface area contributed by atoms with E-state index in [2.05, 4.69) is 46.3 Å². The third kappa shape index (κ3) is 3.38. The maximum Gasteiger partial charge on any atom is 0.161 e. The molecule has 5 rings (SSSR count). The van der Waals surface area contributed by atoms with Crippen molar-refractivity contribution in [2.24, 2.45) is 0 Å². The van der Waals surface area contributed by atoms with E-state index in [0.29, 0.717) is 0 Å². The molecule has 0 unspecified atom stereocenters. The number of ether oxygens (including phenoxy) is 1. The fourth-order valence-corrected chi connectivity index (χ4v) is 4.00. The summed E-state index contributed by atoms with van der Waals surface area (Å²) in [4.78, 5) is 16.7. The standard InChI is InChI=1S/C23H24N4O/c1-2-6-17(7-3-1)22-19-8-4-5-9-20(19)25-23(26-22)18-10-11-21(24-16-18)27-12-14-28-15-13-27/h4-6,8-11,16H,1-3,7,12-15H2. The summed E-state index contributed by atoms with van der Waals surface area (Å²) in [5.74, 6) is 1.74. The molecule has 0 spiro atoms. The van der Waals surface area contributed by atoms with Crippen LogP contribution >= 0.6 is 0 Å². The average Bonchev–Trinajstić information content (AvgIpc) is 2.79. The zero-order valence-electron chi connectivity index (χ0n) is 16.0. The van der Waals surface area contributed by atoms with Crippen LogP contribution in [0.5, 0.6) is 0 Å².